The Hall–Kier alpha value is -2.35. The molecule has 0 radical (unpaired) electrons. The first kappa shape index (κ1) is 15.0. The van der Waals surface area contributed by atoms with E-state index in [2.05, 4.69) is 34.0 Å². The third kappa shape index (κ3) is 3.82. The number of aromatic nitrogens is 1. The van der Waals surface area contributed by atoms with Crippen LogP contribution >= 0.6 is 11.3 Å². The Labute approximate surface area is 126 Å². The quantitative estimate of drug-likeness (QED) is 0.452. The summed E-state index contributed by atoms with van der Waals surface area (Å²) in [6.45, 7) is 6.10. The average Bonchev–Trinajstić information content (AvgIpc) is 2.97. The molecule has 0 saturated carbocycles. The first-order chi connectivity index (χ1) is 10.1. The highest BCUT2D eigenvalue weighted by Gasteiger charge is 2.10. The van der Waals surface area contributed by atoms with Crippen LogP contribution in [0.2, 0.25) is 0 Å². The van der Waals surface area contributed by atoms with Gasteiger partial charge >= 0.3 is 5.00 Å². The number of nitro groups is 1. The van der Waals surface area contributed by atoms with Gasteiger partial charge in [-0.1, -0.05) is 0 Å². The van der Waals surface area contributed by atoms with Gasteiger partial charge in [0, 0.05) is 18.8 Å². The zero-order valence-electron chi connectivity index (χ0n) is 11.8. The van der Waals surface area contributed by atoms with Gasteiger partial charge in [-0.05, 0) is 49.4 Å². The zero-order chi connectivity index (χ0) is 15.2. The summed E-state index contributed by atoms with van der Waals surface area (Å²) in [4.78, 5) is 16.1. The second-order valence-electron chi connectivity index (χ2n) is 4.13. The van der Waals surface area contributed by atoms with Crippen LogP contribution in [0.25, 0.3) is 0 Å². The van der Waals surface area contributed by atoms with Gasteiger partial charge in [-0.3, -0.25) is 10.1 Å². The van der Waals surface area contributed by atoms with E-state index in [1.165, 1.54) is 6.20 Å². The maximum Gasteiger partial charge on any atom is 0.345 e. The monoisotopic (exact) mass is 305 g/mol. The van der Waals surface area contributed by atoms with E-state index in [0.29, 0.717) is 5.69 Å². The zero-order valence-corrected chi connectivity index (χ0v) is 12.6. The van der Waals surface area contributed by atoms with E-state index >= 15 is 0 Å². The summed E-state index contributed by atoms with van der Waals surface area (Å²) in [5, 5.41) is 18.7. The molecule has 8 heteroatoms. The van der Waals surface area contributed by atoms with Crippen LogP contribution < -0.4 is 4.90 Å². The molecule has 0 aliphatic heterocycles. The number of nitrogens with zero attached hydrogens (tertiary/aromatic N) is 5. The van der Waals surface area contributed by atoms with Gasteiger partial charge in [0.05, 0.1) is 10.6 Å². The fourth-order valence-corrected chi connectivity index (χ4v) is 2.36. The smallest absolute Gasteiger partial charge is 0.345 e. The minimum absolute atomic E-state index is 0.0409. The number of benzene rings is 1. The van der Waals surface area contributed by atoms with Crippen molar-refractivity contribution in [2.45, 2.75) is 13.8 Å². The number of azo groups is 1. The van der Waals surface area contributed by atoms with E-state index in [4.69, 9.17) is 0 Å². The molecular formula is C13H15N5O2S. The molecule has 0 fully saturated rings. The molecule has 0 aliphatic carbocycles. The average molecular weight is 305 g/mol. The standard InChI is InChI=1S/C13H15N5O2S/c1-3-17(4-2)11-7-5-10(6-8-11)15-16-13-14-9-12(21-13)18(19)20/h5-9H,3-4H2,1-2H3. The fourth-order valence-electron chi connectivity index (χ4n) is 1.81. The summed E-state index contributed by atoms with van der Waals surface area (Å²) < 4.78 is 0. The Kier molecular flexibility index (Phi) is 4.94. The molecule has 0 spiro atoms. The molecule has 0 bridgehead atoms. The summed E-state index contributed by atoms with van der Waals surface area (Å²) in [7, 11) is 0. The van der Waals surface area contributed by atoms with Gasteiger partial charge in [0.2, 0.25) is 5.13 Å². The lowest BCUT2D eigenvalue weighted by molar-refractivity contribution is -0.380. The summed E-state index contributed by atoms with van der Waals surface area (Å²) in [5.74, 6) is 0. The molecule has 1 aromatic carbocycles. The lowest BCUT2D eigenvalue weighted by Gasteiger charge is -2.20. The highest BCUT2D eigenvalue weighted by atomic mass is 32.1. The van der Waals surface area contributed by atoms with Crippen LogP contribution in [0.4, 0.5) is 21.5 Å². The van der Waals surface area contributed by atoms with Crippen LogP contribution in [0.3, 0.4) is 0 Å². The van der Waals surface area contributed by atoms with Crippen molar-refractivity contribution in [1.82, 2.24) is 4.98 Å². The van der Waals surface area contributed by atoms with Crippen LogP contribution in [-0.2, 0) is 0 Å². The SMILES string of the molecule is CCN(CC)c1ccc(N=Nc2ncc([N+](=O)[O-])s2)cc1. The Morgan fingerprint density at radius 2 is 1.90 bits per heavy atom. The predicted octanol–water partition coefficient (Wildman–Crippen LogP) is 4.31. The van der Waals surface area contributed by atoms with E-state index in [1.54, 1.807) is 0 Å². The minimum atomic E-state index is -0.491. The molecule has 0 atom stereocenters. The van der Waals surface area contributed by atoms with Crippen LogP contribution in [0.1, 0.15) is 13.8 Å². The van der Waals surface area contributed by atoms with Gasteiger partial charge in [0.1, 0.15) is 6.20 Å². The molecule has 2 rings (SSSR count). The third-order valence-electron chi connectivity index (χ3n) is 2.89. The lowest BCUT2D eigenvalue weighted by atomic mass is 10.2. The molecule has 21 heavy (non-hydrogen) atoms. The number of anilines is 1. The van der Waals surface area contributed by atoms with Gasteiger partial charge in [-0.2, -0.15) is 0 Å². The molecule has 110 valence electrons. The minimum Gasteiger partial charge on any atom is -0.372 e. The molecule has 0 N–H and O–H groups in total. The van der Waals surface area contributed by atoms with Gasteiger partial charge in [-0.15, -0.1) is 10.2 Å². The molecule has 0 saturated heterocycles. The number of hydrogen-bond acceptors (Lipinski definition) is 7. The lowest BCUT2D eigenvalue weighted by Crippen LogP contribution is -2.21. The van der Waals surface area contributed by atoms with E-state index in [9.17, 15) is 10.1 Å². The second-order valence-corrected chi connectivity index (χ2v) is 5.11. The van der Waals surface area contributed by atoms with Gasteiger partial charge in [0.25, 0.3) is 0 Å². The van der Waals surface area contributed by atoms with E-state index in [0.717, 1.165) is 30.1 Å². The Morgan fingerprint density at radius 1 is 1.24 bits per heavy atom. The second kappa shape index (κ2) is 6.89. The maximum absolute atomic E-state index is 10.5. The van der Waals surface area contributed by atoms with Gasteiger partial charge in [-0.25, -0.2) is 4.98 Å². The Morgan fingerprint density at radius 3 is 2.43 bits per heavy atom. The number of rotatable bonds is 6. The van der Waals surface area contributed by atoms with Gasteiger partial charge in [0.15, 0.2) is 0 Å². The van der Waals surface area contributed by atoms with Gasteiger partial charge < -0.3 is 4.90 Å². The largest absolute Gasteiger partial charge is 0.372 e. The molecule has 1 heterocycles. The van der Waals surface area contributed by atoms with Crippen molar-refractivity contribution >= 4 is 32.8 Å². The van der Waals surface area contributed by atoms with E-state index in [-0.39, 0.29) is 10.1 Å². The van der Waals surface area contributed by atoms with Crippen LogP contribution in [0, 0.1) is 10.1 Å². The molecule has 0 aliphatic rings. The van der Waals surface area contributed by atoms with Crippen molar-refractivity contribution in [1.29, 1.82) is 0 Å². The topological polar surface area (TPSA) is 84.0 Å². The molecule has 2 aromatic rings. The fraction of sp³-hybridized carbons (Fsp3) is 0.308. The van der Waals surface area contributed by atoms with Crippen LogP contribution in [0.15, 0.2) is 40.7 Å². The van der Waals surface area contributed by atoms with Crippen molar-refractivity contribution in [2.24, 2.45) is 10.2 Å². The molecule has 1 aromatic heterocycles. The summed E-state index contributed by atoms with van der Waals surface area (Å²) in [5.41, 5.74) is 1.81. The van der Waals surface area contributed by atoms with Crippen molar-refractivity contribution in [3.63, 3.8) is 0 Å². The maximum atomic E-state index is 10.5. The molecular weight excluding hydrogens is 290 g/mol. The van der Waals surface area contributed by atoms with Crippen molar-refractivity contribution in [3.8, 4) is 0 Å². The Bertz CT molecular complexity index is 634. The molecule has 0 unspecified atom stereocenters. The summed E-state index contributed by atoms with van der Waals surface area (Å²) in [6.07, 6.45) is 1.18. The van der Waals surface area contributed by atoms with Crippen LogP contribution in [0.5, 0.6) is 0 Å². The van der Waals surface area contributed by atoms with Crippen molar-refractivity contribution < 1.29 is 4.92 Å². The number of thiazole rings is 1. The van der Waals surface area contributed by atoms with Crippen LogP contribution in [-0.4, -0.2) is 23.0 Å². The molecule has 0 amide bonds. The number of hydrogen-bond donors (Lipinski definition) is 0. The Balaban J connectivity index is 2.08. The summed E-state index contributed by atoms with van der Waals surface area (Å²) in [6, 6.07) is 7.68. The highest BCUT2D eigenvalue weighted by molar-refractivity contribution is 7.18. The van der Waals surface area contributed by atoms with Crippen molar-refractivity contribution in [2.75, 3.05) is 18.0 Å². The third-order valence-corrected chi connectivity index (χ3v) is 3.72. The molecule has 7 nitrogen and oxygen atoms in total. The summed E-state index contributed by atoms with van der Waals surface area (Å²) >= 11 is 0.897. The first-order valence-electron chi connectivity index (χ1n) is 6.51. The normalized spacial score (nSPS) is 11.0. The highest BCUT2D eigenvalue weighted by Crippen LogP contribution is 2.29. The van der Waals surface area contributed by atoms with Crippen molar-refractivity contribution in [3.05, 3.63) is 40.6 Å². The van der Waals surface area contributed by atoms with E-state index < -0.39 is 4.92 Å². The van der Waals surface area contributed by atoms with E-state index in [1.807, 2.05) is 24.3 Å². The first-order valence-corrected chi connectivity index (χ1v) is 7.32. The predicted molar refractivity (Wildman–Crippen MR) is 82.9 cm³/mol.